The van der Waals surface area contributed by atoms with E-state index >= 15 is 0 Å². The van der Waals surface area contributed by atoms with Crippen LogP contribution < -0.4 is 15.5 Å². The van der Waals surface area contributed by atoms with Crippen molar-refractivity contribution in [2.45, 2.75) is 19.8 Å². The summed E-state index contributed by atoms with van der Waals surface area (Å²) >= 11 is 0. The molecule has 0 spiro atoms. The number of hydrogen-bond donors (Lipinski definition) is 3. The Bertz CT molecular complexity index is 911. The number of phenolic OH excluding ortho intramolecular Hbond substituents is 1. The molecule has 3 N–H and O–H groups in total. The summed E-state index contributed by atoms with van der Waals surface area (Å²) in [6, 6.07) is 10.3. The van der Waals surface area contributed by atoms with Crippen LogP contribution >= 0.6 is 0 Å². The lowest BCUT2D eigenvalue weighted by Gasteiger charge is -2.07. The number of rotatable bonds is 9. The number of carbonyl (C=O) groups is 2. The van der Waals surface area contributed by atoms with Gasteiger partial charge in [-0.3, -0.25) is 19.7 Å². The summed E-state index contributed by atoms with van der Waals surface area (Å²) in [5.41, 5.74) is 2.64. The van der Waals surface area contributed by atoms with Crippen LogP contribution in [-0.4, -0.2) is 34.7 Å². The number of nitro groups is 1. The standard InChI is InChI=1S/C19H20N4O6/c1-2-29-16-6-3-14(4-7-16)21-18(25)9-10-19(26)22-20-12-13-11-15(23(27)28)5-8-17(13)24/h3-8,11-12,24H,2,9-10H2,1H3,(H,21,25)(H,22,26)/b20-12-. The minimum Gasteiger partial charge on any atom is -0.507 e. The van der Waals surface area contributed by atoms with Gasteiger partial charge in [0.1, 0.15) is 11.5 Å². The maximum Gasteiger partial charge on any atom is 0.270 e. The van der Waals surface area contributed by atoms with E-state index in [1.54, 1.807) is 24.3 Å². The second-order valence-corrected chi connectivity index (χ2v) is 5.80. The highest BCUT2D eigenvalue weighted by molar-refractivity contribution is 5.93. The predicted molar refractivity (Wildman–Crippen MR) is 106 cm³/mol. The van der Waals surface area contributed by atoms with E-state index in [2.05, 4.69) is 15.8 Å². The number of benzene rings is 2. The van der Waals surface area contributed by atoms with Gasteiger partial charge in [-0.2, -0.15) is 5.10 Å². The van der Waals surface area contributed by atoms with Crippen molar-refractivity contribution in [1.82, 2.24) is 5.43 Å². The fraction of sp³-hybridized carbons (Fsp3) is 0.211. The van der Waals surface area contributed by atoms with Gasteiger partial charge in [0.25, 0.3) is 5.69 Å². The van der Waals surface area contributed by atoms with Gasteiger partial charge in [-0.15, -0.1) is 0 Å². The molecular weight excluding hydrogens is 380 g/mol. The zero-order chi connectivity index (χ0) is 21.2. The number of anilines is 1. The van der Waals surface area contributed by atoms with Gasteiger partial charge in [-0.25, -0.2) is 5.43 Å². The molecule has 0 aliphatic heterocycles. The number of amides is 2. The fourth-order valence-electron chi connectivity index (χ4n) is 2.24. The van der Waals surface area contributed by atoms with Crippen LogP contribution in [0.5, 0.6) is 11.5 Å². The van der Waals surface area contributed by atoms with E-state index in [4.69, 9.17) is 4.74 Å². The summed E-state index contributed by atoms with van der Waals surface area (Å²) < 4.78 is 5.31. The zero-order valence-electron chi connectivity index (χ0n) is 15.6. The number of nitrogens with zero attached hydrogens (tertiary/aromatic N) is 2. The highest BCUT2D eigenvalue weighted by Crippen LogP contribution is 2.21. The Balaban J connectivity index is 1.79. The van der Waals surface area contributed by atoms with Gasteiger partial charge >= 0.3 is 0 Å². The lowest BCUT2D eigenvalue weighted by molar-refractivity contribution is -0.384. The molecule has 0 radical (unpaired) electrons. The van der Waals surface area contributed by atoms with Gasteiger partial charge in [0, 0.05) is 36.2 Å². The molecule has 2 aromatic carbocycles. The lowest BCUT2D eigenvalue weighted by atomic mass is 10.2. The summed E-state index contributed by atoms with van der Waals surface area (Å²) in [7, 11) is 0. The first-order valence-electron chi connectivity index (χ1n) is 8.71. The van der Waals surface area contributed by atoms with Crippen molar-refractivity contribution >= 4 is 29.4 Å². The molecular formula is C19H20N4O6. The first kappa shape index (κ1) is 21.4. The summed E-state index contributed by atoms with van der Waals surface area (Å²) in [5, 5.41) is 26.7. The van der Waals surface area contributed by atoms with Crippen LogP contribution in [0.3, 0.4) is 0 Å². The Morgan fingerprint density at radius 1 is 1.17 bits per heavy atom. The van der Waals surface area contributed by atoms with Crippen molar-refractivity contribution in [3.05, 3.63) is 58.1 Å². The summed E-state index contributed by atoms with van der Waals surface area (Å²) in [4.78, 5) is 33.8. The number of nitrogens with one attached hydrogen (secondary N) is 2. The second kappa shape index (κ2) is 10.4. The van der Waals surface area contributed by atoms with Crippen LogP contribution in [0.2, 0.25) is 0 Å². The van der Waals surface area contributed by atoms with Crippen molar-refractivity contribution < 1.29 is 24.4 Å². The summed E-state index contributed by atoms with van der Waals surface area (Å²) in [5.74, 6) is -0.390. The number of hydrazone groups is 1. The number of carbonyl (C=O) groups excluding carboxylic acids is 2. The summed E-state index contributed by atoms with van der Waals surface area (Å²) in [6.07, 6.45) is 0.915. The Kier molecular flexibility index (Phi) is 7.66. The molecule has 2 rings (SSSR count). The molecule has 0 fully saturated rings. The third kappa shape index (κ3) is 6.94. The third-order valence-corrected chi connectivity index (χ3v) is 3.64. The van der Waals surface area contributed by atoms with Gasteiger partial charge in [0.05, 0.1) is 17.7 Å². The van der Waals surface area contributed by atoms with Gasteiger partial charge < -0.3 is 15.2 Å². The van der Waals surface area contributed by atoms with Crippen molar-refractivity contribution in [2.75, 3.05) is 11.9 Å². The molecule has 0 saturated carbocycles. The lowest BCUT2D eigenvalue weighted by Crippen LogP contribution is -2.20. The smallest absolute Gasteiger partial charge is 0.270 e. The first-order chi connectivity index (χ1) is 13.9. The molecule has 0 aliphatic carbocycles. The Hall–Kier alpha value is -3.95. The Labute approximate surface area is 166 Å². The molecule has 0 aliphatic rings. The first-order valence-corrected chi connectivity index (χ1v) is 8.71. The molecule has 10 nitrogen and oxygen atoms in total. The van der Waals surface area contributed by atoms with Crippen molar-refractivity contribution in [1.29, 1.82) is 0 Å². The molecule has 10 heteroatoms. The SMILES string of the molecule is CCOc1ccc(NC(=O)CCC(=O)N/N=C\c2cc([N+](=O)[O-])ccc2O)cc1. The van der Waals surface area contributed by atoms with Crippen LogP contribution in [0, 0.1) is 10.1 Å². The van der Waals surface area contributed by atoms with E-state index in [1.165, 1.54) is 0 Å². The molecule has 0 aromatic heterocycles. The minimum absolute atomic E-state index is 0.0589. The van der Waals surface area contributed by atoms with Crippen LogP contribution in [0.15, 0.2) is 47.6 Å². The molecule has 0 atom stereocenters. The average molecular weight is 400 g/mol. The van der Waals surface area contributed by atoms with Crippen LogP contribution in [0.4, 0.5) is 11.4 Å². The largest absolute Gasteiger partial charge is 0.507 e. The normalized spacial score (nSPS) is 10.5. The number of phenols is 1. The molecule has 0 saturated heterocycles. The molecule has 2 amide bonds. The number of hydrogen-bond acceptors (Lipinski definition) is 7. The van der Waals surface area contributed by atoms with E-state index in [1.807, 2.05) is 6.92 Å². The molecule has 29 heavy (non-hydrogen) atoms. The Morgan fingerprint density at radius 2 is 1.86 bits per heavy atom. The van der Waals surface area contributed by atoms with E-state index in [0.29, 0.717) is 18.0 Å². The van der Waals surface area contributed by atoms with E-state index in [0.717, 1.165) is 24.4 Å². The molecule has 152 valence electrons. The highest BCUT2D eigenvalue weighted by atomic mass is 16.6. The van der Waals surface area contributed by atoms with Crippen LogP contribution in [0.1, 0.15) is 25.3 Å². The molecule has 0 bridgehead atoms. The predicted octanol–water partition coefficient (Wildman–Crippen LogP) is 2.57. The Morgan fingerprint density at radius 3 is 2.52 bits per heavy atom. The minimum atomic E-state index is -0.613. The number of nitro benzene ring substituents is 1. The maximum atomic E-state index is 11.9. The van der Waals surface area contributed by atoms with Gasteiger partial charge in [-0.05, 0) is 37.3 Å². The number of ether oxygens (including phenoxy) is 1. The number of non-ortho nitro benzene ring substituents is 1. The highest BCUT2D eigenvalue weighted by Gasteiger charge is 2.10. The van der Waals surface area contributed by atoms with Crippen molar-refractivity contribution in [2.24, 2.45) is 5.10 Å². The molecule has 2 aromatic rings. The van der Waals surface area contributed by atoms with Crippen LogP contribution in [-0.2, 0) is 9.59 Å². The average Bonchev–Trinajstić information content (AvgIpc) is 2.69. The second-order valence-electron chi connectivity index (χ2n) is 5.80. The van der Waals surface area contributed by atoms with Gasteiger partial charge in [0.2, 0.25) is 11.8 Å². The molecule has 0 heterocycles. The molecule has 0 unspecified atom stereocenters. The van der Waals surface area contributed by atoms with Crippen molar-refractivity contribution in [3.63, 3.8) is 0 Å². The quantitative estimate of drug-likeness (QED) is 0.335. The van der Waals surface area contributed by atoms with E-state index < -0.39 is 10.8 Å². The fourth-order valence-corrected chi connectivity index (χ4v) is 2.24. The summed E-state index contributed by atoms with van der Waals surface area (Å²) in [6.45, 7) is 2.42. The van der Waals surface area contributed by atoms with Crippen molar-refractivity contribution in [3.8, 4) is 11.5 Å². The topological polar surface area (TPSA) is 143 Å². The third-order valence-electron chi connectivity index (χ3n) is 3.64. The monoisotopic (exact) mass is 400 g/mol. The number of aromatic hydroxyl groups is 1. The van der Waals surface area contributed by atoms with E-state index in [-0.39, 0.29) is 35.7 Å². The maximum absolute atomic E-state index is 11.9. The van der Waals surface area contributed by atoms with Gasteiger partial charge in [0.15, 0.2) is 0 Å². The van der Waals surface area contributed by atoms with E-state index in [9.17, 15) is 24.8 Å². The van der Waals surface area contributed by atoms with Crippen LogP contribution in [0.25, 0.3) is 0 Å². The zero-order valence-corrected chi connectivity index (χ0v) is 15.6. The van der Waals surface area contributed by atoms with Gasteiger partial charge in [-0.1, -0.05) is 0 Å².